The van der Waals surface area contributed by atoms with Crippen LogP contribution >= 0.6 is 0 Å². The molecular weight excluding hydrogens is 333 g/mol. The van der Waals surface area contributed by atoms with Gasteiger partial charge in [-0.2, -0.15) is 0 Å². The van der Waals surface area contributed by atoms with Gasteiger partial charge in [0.2, 0.25) is 12.7 Å². The van der Waals surface area contributed by atoms with Gasteiger partial charge in [-0.1, -0.05) is 18.2 Å². The third-order valence-electron chi connectivity index (χ3n) is 4.59. The van der Waals surface area contributed by atoms with E-state index in [9.17, 15) is 4.39 Å². The molecule has 0 atom stereocenters. The fourth-order valence-electron chi connectivity index (χ4n) is 3.13. The highest BCUT2D eigenvalue weighted by Gasteiger charge is 2.16. The number of benzene rings is 3. The van der Waals surface area contributed by atoms with Gasteiger partial charge in [0.15, 0.2) is 17.1 Å². The number of nitrogens with zero attached hydrogens (tertiary/aromatic N) is 1. The summed E-state index contributed by atoms with van der Waals surface area (Å²) in [6, 6.07) is 16.5. The van der Waals surface area contributed by atoms with Crippen LogP contribution in [0.5, 0.6) is 11.5 Å². The van der Waals surface area contributed by atoms with E-state index in [0.717, 1.165) is 28.1 Å². The van der Waals surface area contributed by atoms with E-state index in [0.29, 0.717) is 22.6 Å². The Morgan fingerprint density at radius 3 is 2.65 bits per heavy atom. The van der Waals surface area contributed by atoms with Crippen LogP contribution in [-0.4, -0.2) is 11.8 Å². The number of ether oxygens (including phenoxy) is 2. The fourth-order valence-corrected chi connectivity index (χ4v) is 3.13. The second-order valence-electron chi connectivity index (χ2n) is 6.18. The average Bonchev–Trinajstić information content (AvgIpc) is 3.28. The molecule has 0 spiro atoms. The lowest BCUT2D eigenvalue weighted by atomic mass is 10.0. The van der Waals surface area contributed by atoms with E-state index in [-0.39, 0.29) is 12.6 Å². The van der Waals surface area contributed by atoms with Crippen molar-refractivity contribution in [3.8, 4) is 34.1 Å². The normalized spacial score (nSPS) is 12.7. The summed E-state index contributed by atoms with van der Waals surface area (Å²) >= 11 is 0. The Morgan fingerprint density at radius 2 is 1.73 bits per heavy atom. The van der Waals surface area contributed by atoms with E-state index in [1.165, 1.54) is 6.07 Å². The van der Waals surface area contributed by atoms with Crippen LogP contribution in [0.4, 0.5) is 4.39 Å². The van der Waals surface area contributed by atoms with Gasteiger partial charge >= 0.3 is 0 Å². The summed E-state index contributed by atoms with van der Waals surface area (Å²) < 4.78 is 30.5. The van der Waals surface area contributed by atoms with Crippen LogP contribution in [0.3, 0.4) is 0 Å². The van der Waals surface area contributed by atoms with Crippen molar-refractivity contribution in [2.75, 3.05) is 6.79 Å². The van der Waals surface area contributed by atoms with Crippen molar-refractivity contribution in [2.24, 2.45) is 0 Å². The van der Waals surface area contributed by atoms with E-state index in [1.807, 2.05) is 42.5 Å². The summed E-state index contributed by atoms with van der Waals surface area (Å²) in [5.74, 6) is 1.63. The molecule has 4 aromatic rings. The molecule has 1 aromatic heterocycles. The molecule has 1 aliphatic rings. The van der Waals surface area contributed by atoms with Crippen molar-refractivity contribution < 1.29 is 18.3 Å². The highest BCUT2D eigenvalue weighted by atomic mass is 19.1. The predicted molar refractivity (Wildman–Crippen MR) is 95.7 cm³/mol. The number of halogens is 1. The van der Waals surface area contributed by atoms with Gasteiger partial charge in [-0.15, -0.1) is 0 Å². The fraction of sp³-hybridized carbons (Fsp3) is 0.0952. The van der Waals surface area contributed by atoms with Crippen LogP contribution in [-0.2, 0) is 0 Å². The van der Waals surface area contributed by atoms with Gasteiger partial charge in [-0.25, -0.2) is 9.37 Å². The average molecular weight is 347 g/mol. The molecule has 0 saturated heterocycles. The van der Waals surface area contributed by atoms with Gasteiger partial charge in [0.1, 0.15) is 11.3 Å². The van der Waals surface area contributed by atoms with E-state index >= 15 is 0 Å². The van der Waals surface area contributed by atoms with E-state index in [4.69, 9.17) is 13.9 Å². The molecule has 2 heterocycles. The summed E-state index contributed by atoms with van der Waals surface area (Å²) in [5.41, 5.74) is 4.54. The van der Waals surface area contributed by atoms with Crippen LogP contribution in [0.2, 0.25) is 0 Å². The largest absolute Gasteiger partial charge is 0.454 e. The molecule has 0 bridgehead atoms. The monoisotopic (exact) mass is 347 g/mol. The maximum Gasteiger partial charge on any atom is 0.231 e. The Balaban J connectivity index is 1.59. The number of oxazole rings is 1. The molecule has 0 fully saturated rings. The first kappa shape index (κ1) is 15.0. The van der Waals surface area contributed by atoms with Gasteiger partial charge in [0, 0.05) is 5.56 Å². The molecule has 4 nitrogen and oxygen atoms in total. The number of fused-ring (bicyclic) bond motifs is 2. The van der Waals surface area contributed by atoms with E-state index < -0.39 is 0 Å². The number of rotatable bonds is 2. The van der Waals surface area contributed by atoms with Crippen molar-refractivity contribution in [3.63, 3.8) is 0 Å². The van der Waals surface area contributed by atoms with Gasteiger partial charge in [0.05, 0.1) is 0 Å². The molecule has 3 aromatic carbocycles. The second-order valence-corrected chi connectivity index (χ2v) is 6.18. The first-order valence-corrected chi connectivity index (χ1v) is 8.25. The predicted octanol–water partition coefficient (Wildman–Crippen LogP) is 5.34. The van der Waals surface area contributed by atoms with Crippen LogP contribution in [0.1, 0.15) is 5.56 Å². The summed E-state index contributed by atoms with van der Waals surface area (Å²) in [7, 11) is 0. The van der Waals surface area contributed by atoms with Crippen LogP contribution in [0.25, 0.3) is 33.7 Å². The summed E-state index contributed by atoms with van der Waals surface area (Å²) in [4.78, 5) is 4.50. The van der Waals surface area contributed by atoms with Crippen molar-refractivity contribution in [1.82, 2.24) is 4.98 Å². The molecule has 5 rings (SSSR count). The molecule has 0 radical (unpaired) electrons. The Morgan fingerprint density at radius 1 is 0.923 bits per heavy atom. The Hall–Kier alpha value is -3.34. The summed E-state index contributed by atoms with van der Waals surface area (Å²) in [5, 5.41) is 0. The SMILES string of the molecule is Cc1c(F)cccc1-c1nc2ccc(-c3ccc4c(c3)OCO4)cc2o1. The minimum Gasteiger partial charge on any atom is -0.454 e. The first-order valence-electron chi connectivity index (χ1n) is 8.25. The summed E-state index contributed by atoms with van der Waals surface area (Å²) in [6.07, 6.45) is 0. The van der Waals surface area contributed by atoms with Crippen LogP contribution in [0, 0.1) is 12.7 Å². The minimum absolute atomic E-state index is 0.246. The Labute approximate surface area is 148 Å². The van der Waals surface area contributed by atoms with Gasteiger partial charge in [-0.3, -0.25) is 0 Å². The van der Waals surface area contributed by atoms with Gasteiger partial charge in [0.25, 0.3) is 0 Å². The Bertz CT molecular complexity index is 1150. The molecule has 5 heteroatoms. The van der Waals surface area contributed by atoms with Crippen LogP contribution < -0.4 is 9.47 Å². The highest BCUT2D eigenvalue weighted by molar-refractivity contribution is 5.83. The standard InChI is InChI=1S/C21H14FNO3/c1-12-15(3-2-4-16(12)22)21-23-17-7-5-13(9-19(17)26-21)14-6-8-18-20(10-14)25-11-24-18/h2-10H,11H2,1H3. The maximum absolute atomic E-state index is 13.8. The molecule has 128 valence electrons. The van der Waals surface area contributed by atoms with Crippen molar-refractivity contribution in [2.45, 2.75) is 6.92 Å². The topological polar surface area (TPSA) is 44.5 Å². The zero-order chi connectivity index (χ0) is 17.7. The van der Waals surface area contributed by atoms with Crippen LogP contribution in [0.15, 0.2) is 59.0 Å². The smallest absolute Gasteiger partial charge is 0.231 e. The number of hydrogen-bond acceptors (Lipinski definition) is 4. The lowest BCUT2D eigenvalue weighted by Gasteiger charge is -2.03. The maximum atomic E-state index is 13.8. The van der Waals surface area contributed by atoms with Crippen molar-refractivity contribution in [3.05, 3.63) is 66.0 Å². The lowest BCUT2D eigenvalue weighted by Crippen LogP contribution is -1.92. The van der Waals surface area contributed by atoms with Crippen molar-refractivity contribution in [1.29, 1.82) is 0 Å². The van der Waals surface area contributed by atoms with Gasteiger partial charge in [-0.05, 0) is 60.0 Å². The third-order valence-corrected chi connectivity index (χ3v) is 4.59. The molecule has 1 aliphatic heterocycles. The van der Waals surface area contributed by atoms with Gasteiger partial charge < -0.3 is 13.9 Å². The summed E-state index contributed by atoms with van der Waals surface area (Å²) in [6.45, 7) is 1.97. The quantitative estimate of drug-likeness (QED) is 0.491. The zero-order valence-corrected chi connectivity index (χ0v) is 14.0. The third kappa shape index (κ3) is 2.32. The second kappa shape index (κ2) is 5.59. The molecule has 0 amide bonds. The molecule has 0 unspecified atom stereocenters. The molecule has 26 heavy (non-hydrogen) atoms. The van der Waals surface area contributed by atoms with E-state index in [2.05, 4.69) is 4.98 Å². The first-order chi connectivity index (χ1) is 12.7. The van der Waals surface area contributed by atoms with E-state index in [1.54, 1.807) is 13.0 Å². The number of aromatic nitrogens is 1. The highest BCUT2D eigenvalue weighted by Crippen LogP contribution is 2.37. The number of hydrogen-bond donors (Lipinski definition) is 0. The molecule has 0 saturated carbocycles. The lowest BCUT2D eigenvalue weighted by molar-refractivity contribution is 0.174. The molecular formula is C21H14FNO3. The zero-order valence-electron chi connectivity index (χ0n) is 14.0. The minimum atomic E-state index is -0.272. The van der Waals surface area contributed by atoms with Crippen molar-refractivity contribution >= 4 is 11.1 Å². The molecule has 0 N–H and O–H groups in total. The Kier molecular flexibility index (Phi) is 3.22. The molecule has 0 aliphatic carbocycles.